The van der Waals surface area contributed by atoms with E-state index < -0.39 is 0 Å². The average Bonchev–Trinajstić information content (AvgIpc) is 1.60. The van der Waals surface area contributed by atoms with Crippen molar-refractivity contribution in [3.8, 4) is 33.5 Å². The maximum atomic E-state index is 12.1. The molecule has 104 heavy (non-hydrogen) atoms. The quantitative estimate of drug-likeness (QED) is 0.0273. The maximum absolute atomic E-state index is 12.1. The van der Waals surface area contributed by atoms with Gasteiger partial charge in [0.1, 0.15) is 0 Å². The Kier molecular flexibility index (Phi) is 72.4. The summed E-state index contributed by atoms with van der Waals surface area (Å²) in [5.74, 6) is 13.6. The molecule has 0 atom stereocenters. The van der Waals surface area contributed by atoms with Gasteiger partial charge in [0.25, 0.3) is 0 Å². The van der Waals surface area contributed by atoms with Crippen LogP contribution in [0.1, 0.15) is 520 Å². The van der Waals surface area contributed by atoms with Crippen LogP contribution in [0.15, 0.2) is 59.7 Å². The summed E-state index contributed by atoms with van der Waals surface area (Å²) in [7, 11) is 0. The van der Waals surface area contributed by atoms with Crippen LogP contribution in [0.5, 0.6) is 0 Å². The van der Waals surface area contributed by atoms with Gasteiger partial charge in [-0.2, -0.15) is 0 Å². The van der Waals surface area contributed by atoms with Crippen LogP contribution in [0.2, 0.25) is 0 Å². The predicted molar refractivity (Wildman–Crippen MR) is 463 cm³/mol. The van der Waals surface area contributed by atoms with Crippen molar-refractivity contribution in [2.45, 2.75) is 510 Å². The van der Waals surface area contributed by atoms with Gasteiger partial charge in [0.15, 0.2) is 0 Å². The Morgan fingerprint density at radius 3 is 0.865 bits per heavy atom. The molecule has 0 saturated heterocycles. The Bertz CT molecular complexity index is 2400. The first-order valence-corrected chi connectivity index (χ1v) is 47.7. The molecule has 3 heteroatoms. The molecule has 2 aromatic carbocycles. The summed E-state index contributed by atoms with van der Waals surface area (Å²) in [5, 5.41) is 0. The summed E-state index contributed by atoms with van der Waals surface area (Å²) < 4.78 is 1.58. The molecular weight excluding hydrogens is 1300 g/mol. The molecular formula is C101H172N2Ni. The van der Waals surface area contributed by atoms with Crippen molar-refractivity contribution in [1.29, 1.82) is 0 Å². The number of hydrogen-bond donors (Lipinski definition) is 0. The van der Waals surface area contributed by atoms with Gasteiger partial charge in [-0.25, -0.2) is 4.70 Å². The van der Waals surface area contributed by atoms with Crippen LogP contribution in [-0.4, -0.2) is 4.70 Å². The van der Waals surface area contributed by atoms with Crippen LogP contribution >= 0.6 is 0 Å². The molecule has 0 aromatic heterocycles. The molecule has 0 N–H and O–H groups in total. The van der Waals surface area contributed by atoms with E-state index in [1.165, 1.54) is 440 Å². The van der Waals surface area contributed by atoms with Gasteiger partial charge in [0, 0.05) is 35.1 Å². The fourth-order valence-corrected chi connectivity index (χ4v) is 15.9. The Labute approximate surface area is 657 Å². The van der Waals surface area contributed by atoms with Crippen LogP contribution in [0, 0.1) is 33.5 Å². The third kappa shape index (κ3) is 56.9. The SMILES string of the molecule is CCCCCCCC#CCCCc1ccccc1C1=C(CCCCCC)C(CCCCC)=C(c2ccc(CCCC)cc2)[N+]1=[N-].CCCCCCCCCCCCCCCCCCCCCCCCCCCC#[C][Ni][C]#CCCCCCCCCCCCCCCCCCCCCCCCCCCC. The summed E-state index contributed by atoms with van der Waals surface area (Å²) >= 11 is 1.33. The monoisotopic (exact) mass is 1470 g/mol. The fraction of sp³-hybridized carbons (Fsp3) is 0.782. The Morgan fingerprint density at radius 2 is 0.519 bits per heavy atom. The molecule has 596 valence electrons. The van der Waals surface area contributed by atoms with Crippen LogP contribution in [-0.2, 0) is 27.3 Å². The number of unbranched alkanes of at least 4 members (excludes halogenated alkanes) is 62. The zero-order valence-corrected chi connectivity index (χ0v) is 71.4. The van der Waals surface area contributed by atoms with Crippen molar-refractivity contribution in [2.24, 2.45) is 0 Å². The topological polar surface area (TPSA) is 25.3 Å². The van der Waals surface area contributed by atoms with Gasteiger partial charge in [-0.05, 0) is 87.1 Å². The third-order valence-corrected chi connectivity index (χ3v) is 22.9. The summed E-state index contributed by atoms with van der Waals surface area (Å²) in [6, 6.07) is 17.8. The molecule has 0 unspecified atom stereocenters. The molecule has 0 aliphatic carbocycles. The molecule has 0 bridgehead atoms. The van der Waals surface area contributed by atoms with Gasteiger partial charge in [0.05, 0.1) is 0 Å². The second-order valence-corrected chi connectivity index (χ2v) is 32.9. The summed E-state index contributed by atoms with van der Waals surface area (Å²) in [6.07, 6.45) is 99.2. The van der Waals surface area contributed by atoms with E-state index in [0.29, 0.717) is 0 Å². The average molecular weight is 1470 g/mol. The summed E-state index contributed by atoms with van der Waals surface area (Å²) in [5.41, 5.74) is 21.9. The Balaban J connectivity index is 0.000000730. The molecule has 0 radical (unpaired) electrons. The van der Waals surface area contributed by atoms with Gasteiger partial charge in [-0.3, -0.25) is 0 Å². The second-order valence-electron chi connectivity index (χ2n) is 32.1. The van der Waals surface area contributed by atoms with Crippen LogP contribution in [0.25, 0.3) is 16.9 Å². The van der Waals surface area contributed by atoms with E-state index in [2.05, 4.69) is 124 Å². The van der Waals surface area contributed by atoms with E-state index in [4.69, 9.17) is 0 Å². The number of nitrogens with zero attached hydrogens (tertiary/aromatic N) is 2. The molecule has 1 aliphatic rings. The molecule has 0 saturated carbocycles. The summed E-state index contributed by atoms with van der Waals surface area (Å²) in [6.45, 7) is 13.7. The molecule has 1 aliphatic heterocycles. The number of rotatable bonds is 72. The molecule has 2 nitrogen and oxygen atoms in total. The van der Waals surface area contributed by atoms with E-state index in [-0.39, 0.29) is 0 Å². The number of aryl methyl sites for hydroxylation is 2. The molecule has 0 fully saturated rings. The molecule has 0 amide bonds. The van der Waals surface area contributed by atoms with Gasteiger partial charge < -0.3 is 5.53 Å². The first-order chi connectivity index (χ1) is 51.6. The number of allylic oxidation sites excluding steroid dienone is 2. The molecule has 0 spiro atoms. The minimum absolute atomic E-state index is 0.936. The van der Waals surface area contributed by atoms with E-state index in [1.807, 2.05) is 0 Å². The molecule has 3 rings (SSSR count). The summed E-state index contributed by atoms with van der Waals surface area (Å²) in [4.78, 5) is 6.47. The van der Waals surface area contributed by atoms with Crippen LogP contribution in [0.4, 0.5) is 0 Å². The van der Waals surface area contributed by atoms with Crippen molar-refractivity contribution in [3.63, 3.8) is 0 Å². The standard InChI is InChI=1S/C43H62N2.2C29H55.Ni/c1-5-9-13-15-16-17-18-19-20-22-27-37-28-24-25-29-39(37)43-41(31-23-14-10-6-2)40(30-21-11-7-3)42(45(43)44)38-34-32-36(33-35-38)26-12-8-4;2*1-3-5-7-9-11-13-15-17-19-21-23-25-27-29-28-26-24-22-20-18-16-14-12-10-8-6-4-2;/h24-25,28-29,32-35H,5-17,20-23,26-27,30-31H2,1-4H3;2*3,5-29H2,1H3;. The molecule has 1 heterocycles. The predicted octanol–water partition coefficient (Wildman–Crippen LogP) is 34.8. The Hall–Kier alpha value is -3.31. The number of benzene rings is 2. The Morgan fingerprint density at radius 1 is 0.250 bits per heavy atom. The van der Waals surface area contributed by atoms with Crippen LogP contribution in [0.3, 0.4) is 0 Å². The second kappa shape index (κ2) is 77.8. The van der Waals surface area contributed by atoms with Gasteiger partial charge in [-0.1, -0.05) is 342 Å². The van der Waals surface area contributed by atoms with Crippen molar-refractivity contribution in [2.75, 3.05) is 0 Å². The minimum Gasteiger partial charge on any atom is -0.0654 e. The van der Waals surface area contributed by atoms with Crippen LogP contribution < -0.4 is 0 Å². The fourth-order valence-electron chi connectivity index (χ4n) is 15.4. The van der Waals surface area contributed by atoms with E-state index in [0.717, 1.165) is 87.6 Å². The van der Waals surface area contributed by atoms with E-state index in [1.54, 1.807) is 4.70 Å². The first-order valence-electron chi connectivity index (χ1n) is 46.7. The van der Waals surface area contributed by atoms with Gasteiger partial charge in [-0.15, -0.1) is 11.8 Å². The molecule has 2 aromatic rings. The van der Waals surface area contributed by atoms with E-state index in [9.17, 15) is 5.53 Å². The van der Waals surface area contributed by atoms with Crippen molar-refractivity contribution in [3.05, 3.63) is 87.5 Å². The minimum atomic E-state index is 0.936. The smallest absolute Gasteiger partial charge is 0.0654 e. The van der Waals surface area contributed by atoms with Crippen molar-refractivity contribution >= 4 is 11.4 Å². The number of hydrogen-bond acceptors (Lipinski definition) is 0. The zero-order valence-electron chi connectivity index (χ0n) is 70.4. The first kappa shape index (κ1) is 96.8. The van der Waals surface area contributed by atoms with Gasteiger partial charge in [0.2, 0.25) is 11.4 Å². The van der Waals surface area contributed by atoms with Crippen molar-refractivity contribution in [1.82, 2.24) is 0 Å². The van der Waals surface area contributed by atoms with Crippen molar-refractivity contribution < 1.29 is 19.1 Å². The zero-order chi connectivity index (χ0) is 74.4. The van der Waals surface area contributed by atoms with E-state index >= 15 is 0 Å². The normalized spacial score (nSPS) is 12.0. The third-order valence-electron chi connectivity index (χ3n) is 22.3. The van der Waals surface area contributed by atoms with Gasteiger partial charge >= 0.3 is 164 Å².